The maximum Gasteiger partial charge on any atom is 0.190 e. The normalized spacial score (nSPS) is 11.4. The average molecular weight is 380 g/mol. The number of rotatable bonds is 5. The fourth-order valence-corrected chi connectivity index (χ4v) is 1.69. The molecule has 1 rings (SSSR count). The van der Waals surface area contributed by atoms with Crippen LogP contribution in [0.1, 0.15) is 30.9 Å². The van der Waals surface area contributed by atoms with Crippen LogP contribution in [0.3, 0.4) is 0 Å². The van der Waals surface area contributed by atoms with Crippen molar-refractivity contribution in [2.45, 2.75) is 34.1 Å². The molecular formula is C13H25IN4O. The lowest BCUT2D eigenvalue weighted by Gasteiger charge is -2.13. The number of aryl methyl sites for hydroxylation is 2. The second kappa shape index (κ2) is 9.17. The monoisotopic (exact) mass is 380 g/mol. The van der Waals surface area contributed by atoms with Gasteiger partial charge in [0.25, 0.3) is 0 Å². The quantitative estimate of drug-likeness (QED) is 0.468. The predicted molar refractivity (Wildman–Crippen MR) is 89.3 cm³/mol. The standard InChI is InChI=1S/C13H24N4O.HI/c1-9(2)8-16-13(14-5)15-7-6-12-10(3)17-18-11(12)4;/h9H,6-8H2,1-5H3,(H2,14,15,16);1H. The molecule has 1 heterocycles. The van der Waals surface area contributed by atoms with Crippen LogP contribution in [0.2, 0.25) is 0 Å². The van der Waals surface area contributed by atoms with Gasteiger partial charge in [0.2, 0.25) is 0 Å². The van der Waals surface area contributed by atoms with E-state index in [1.54, 1.807) is 7.05 Å². The lowest BCUT2D eigenvalue weighted by molar-refractivity contribution is 0.392. The molecule has 0 aliphatic carbocycles. The molecule has 0 radical (unpaired) electrons. The Morgan fingerprint density at radius 3 is 2.47 bits per heavy atom. The zero-order valence-electron chi connectivity index (χ0n) is 12.4. The third kappa shape index (κ3) is 6.26. The summed E-state index contributed by atoms with van der Waals surface area (Å²) in [7, 11) is 1.78. The number of hydrogen-bond donors (Lipinski definition) is 2. The molecule has 1 aromatic heterocycles. The molecule has 110 valence electrons. The number of aromatic nitrogens is 1. The Balaban J connectivity index is 0.00000324. The smallest absolute Gasteiger partial charge is 0.190 e. The molecule has 1 aromatic rings. The fraction of sp³-hybridized carbons (Fsp3) is 0.692. The topological polar surface area (TPSA) is 62.5 Å². The molecule has 0 amide bonds. The van der Waals surface area contributed by atoms with Gasteiger partial charge in [-0.1, -0.05) is 19.0 Å². The van der Waals surface area contributed by atoms with E-state index in [-0.39, 0.29) is 24.0 Å². The Labute approximate surface area is 132 Å². The summed E-state index contributed by atoms with van der Waals surface area (Å²) in [5, 5.41) is 10.5. The van der Waals surface area contributed by atoms with Crippen LogP contribution in [-0.4, -0.2) is 31.3 Å². The first-order valence-electron chi connectivity index (χ1n) is 6.40. The van der Waals surface area contributed by atoms with Crippen LogP contribution in [0.5, 0.6) is 0 Å². The van der Waals surface area contributed by atoms with Crippen molar-refractivity contribution >= 4 is 29.9 Å². The van der Waals surface area contributed by atoms with Gasteiger partial charge in [0.1, 0.15) is 5.76 Å². The van der Waals surface area contributed by atoms with Gasteiger partial charge >= 0.3 is 0 Å². The lowest BCUT2D eigenvalue weighted by atomic mass is 10.1. The van der Waals surface area contributed by atoms with E-state index in [1.165, 1.54) is 5.56 Å². The molecule has 0 bridgehead atoms. The molecule has 0 atom stereocenters. The number of aliphatic imine (C=N–C) groups is 1. The Morgan fingerprint density at radius 2 is 2.00 bits per heavy atom. The molecule has 5 nitrogen and oxygen atoms in total. The van der Waals surface area contributed by atoms with Crippen molar-refractivity contribution in [3.63, 3.8) is 0 Å². The second-order valence-corrected chi connectivity index (χ2v) is 4.83. The summed E-state index contributed by atoms with van der Waals surface area (Å²) in [4.78, 5) is 4.18. The molecule has 0 aliphatic rings. The van der Waals surface area contributed by atoms with Gasteiger partial charge < -0.3 is 15.2 Å². The third-order valence-corrected chi connectivity index (χ3v) is 2.75. The molecule has 0 spiro atoms. The molecule has 0 fully saturated rings. The van der Waals surface area contributed by atoms with Crippen molar-refractivity contribution in [1.29, 1.82) is 0 Å². The summed E-state index contributed by atoms with van der Waals surface area (Å²) < 4.78 is 5.13. The average Bonchev–Trinajstić information content (AvgIpc) is 2.64. The van der Waals surface area contributed by atoms with Gasteiger partial charge in [-0.15, -0.1) is 24.0 Å². The minimum atomic E-state index is 0. The van der Waals surface area contributed by atoms with Crippen LogP contribution in [0.25, 0.3) is 0 Å². The van der Waals surface area contributed by atoms with Crippen LogP contribution >= 0.6 is 24.0 Å². The Morgan fingerprint density at radius 1 is 1.32 bits per heavy atom. The summed E-state index contributed by atoms with van der Waals surface area (Å²) in [6.07, 6.45) is 0.892. The van der Waals surface area contributed by atoms with Crippen molar-refractivity contribution < 1.29 is 4.52 Å². The molecule has 0 saturated carbocycles. The highest BCUT2D eigenvalue weighted by Crippen LogP contribution is 2.11. The van der Waals surface area contributed by atoms with E-state index in [0.29, 0.717) is 5.92 Å². The van der Waals surface area contributed by atoms with E-state index in [1.807, 2.05) is 13.8 Å². The minimum Gasteiger partial charge on any atom is -0.361 e. The van der Waals surface area contributed by atoms with Crippen molar-refractivity contribution in [3.05, 3.63) is 17.0 Å². The first kappa shape index (κ1) is 18.2. The van der Waals surface area contributed by atoms with Crippen molar-refractivity contribution in [3.8, 4) is 0 Å². The van der Waals surface area contributed by atoms with Gasteiger partial charge in [0.05, 0.1) is 5.69 Å². The van der Waals surface area contributed by atoms with Gasteiger partial charge in [0.15, 0.2) is 5.96 Å². The maximum absolute atomic E-state index is 5.13. The van der Waals surface area contributed by atoms with Crippen LogP contribution in [0.15, 0.2) is 9.52 Å². The molecule has 6 heteroatoms. The van der Waals surface area contributed by atoms with Gasteiger partial charge in [-0.05, 0) is 26.2 Å². The van der Waals surface area contributed by atoms with Crippen molar-refractivity contribution in [1.82, 2.24) is 15.8 Å². The Bertz CT molecular complexity index is 382. The van der Waals surface area contributed by atoms with E-state index < -0.39 is 0 Å². The summed E-state index contributed by atoms with van der Waals surface area (Å²) in [5.74, 6) is 2.35. The Kier molecular flexibility index (Phi) is 8.79. The molecule has 19 heavy (non-hydrogen) atoms. The minimum absolute atomic E-state index is 0. The maximum atomic E-state index is 5.13. The highest BCUT2D eigenvalue weighted by molar-refractivity contribution is 14.0. The van der Waals surface area contributed by atoms with Crippen LogP contribution in [0.4, 0.5) is 0 Å². The van der Waals surface area contributed by atoms with Gasteiger partial charge in [-0.2, -0.15) is 0 Å². The molecule has 0 unspecified atom stereocenters. The molecule has 2 N–H and O–H groups in total. The van der Waals surface area contributed by atoms with E-state index in [9.17, 15) is 0 Å². The molecular weight excluding hydrogens is 355 g/mol. The van der Waals surface area contributed by atoms with Gasteiger partial charge in [-0.3, -0.25) is 4.99 Å². The number of hydrogen-bond acceptors (Lipinski definition) is 3. The van der Waals surface area contributed by atoms with Crippen LogP contribution < -0.4 is 10.6 Å². The van der Waals surface area contributed by atoms with Gasteiger partial charge in [-0.25, -0.2) is 0 Å². The molecule has 0 aromatic carbocycles. The third-order valence-electron chi connectivity index (χ3n) is 2.75. The van der Waals surface area contributed by atoms with Crippen LogP contribution in [0, 0.1) is 19.8 Å². The second-order valence-electron chi connectivity index (χ2n) is 4.83. The van der Waals surface area contributed by atoms with E-state index in [4.69, 9.17) is 4.52 Å². The largest absolute Gasteiger partial charge is 0.361 e. The van der Waals surface area contributed by atoms with E-state index >= 15 is 0 Å². The van der Waals surface area contributed by atoms with Gasteiger partial charge in [0, 0.05) is 25.7 Å². The number of guanidine groups is 1. The molecule has 0 aliphatic heterocycles. The summed E-state index contributed by atoms with van der Waals surface area (Å²) >= 11 is 0. The van der Waals surface area contributed by atoms with Crippen molar-refractivity contribution in [2.75, 3.05) is 20.1 Å². The van der Waals surface area contributed by atoms with Crippen LogP contribution in [-0.2, 0) is 6.42 Å². The van der Waals surface area contributed by atoms with E-state index in [0.717, 1.165) is 36.9 Å². The number of halogens is 1. The highest BCUT2D eigenvalue weighted by Gasteiger charge is 2.08. The lowest BCUT2D eigenvalue weighted by Crippen LogP contribution is -2.40. The molecule has 0 saturated heterocycles. The summed E-state index contributed by atoms with van der Waals surface area (Å²) in [6, 6.07) is 0. The number of nitrogens with zero attached hydrogens (tertiary/aromatic N) is 2. The SMILES string of the molecule is CN=C(NCCc1c(C)noc1C)NCC(C)C.I. The fourth-order valence-electron chi connectivity index (χ4n) is 1.69. The summed E-state index contributed by atoms with van der Waals surface area (Å²) in [6.45, 7) is 10.00. The first-order valence-corrected chi connectivity index (χ1v) is 6.40. The zero-order chi connectivity index (χ0) is 13.5. The Hall–Kier alpha value is -0.790. The first-order chi connectivity index (χ1) is 8.54. The summed E-state index contributed by atoms with van der Waals surface area (Å²) in [5.41, 5.74) is 2.15. The predicted octanol–water partition coefficient (Wildman–Crippen LogP) is 2.27. The van der Waals surface area contributed by atoms with E-state index in [2.05, 4.69) is 34.6 Å². The zero-order valence-corrected chi connectivity index (χ0v) is 14.7. The highest BCUT2D eigenvalue weighted by atomic mass is 127. The van der Waals surface area contributed by atoms with Crippen molar-refractivity contribution in [2.24, 2.45) is 10.9 Å². The number of nitrogens with one attached hydrogen (secondary N) is 2.